The van der Waals surface area contributed by atoms with E-state index in [4.69, 9.17) is 0 Å². The van der Waals surface area contributed by atoms with E-state index in [1.807, 2.05) is 36.4 Å². The quantitative estimate of drug-likeness (QED) is 0.754. The highest BCUT2D eigenvalue weighted by Gasteiger charge is 2.20. The molecule has 1 aliphatic rings. The molecule has 1 aromatic carbocycles. The van der Waals surface area contributed by atoms with Crippen molar-refractivity contribution < 1.29 is 4.79 Å². The lowest BCUT2D eigenvalue weighted by Gasteiger charge is -2.23. The molecule has 0 bridgehead atoms. The predicted octanol–water partition coefficient (Wildman–Crippen LogP) is 2.30. The fourth-order valence-electron chi connectivity index (χ4n) is 3.12. The van der Waals surface area contributed by atoms with Gasteiger partial charge in [-0.15, -0.1) is 12.4 Å². The van der Waals surface area contributed by atoms with Crippen LogP contribution in [0.4, 0.5) is 0 Å². The molecule has 0 unspecified atom stereocenters. The summed E-state index contributed by atoms with van der Waals surface area (Å²) in [4.78, 5) is 17.0. The van der Waals surface area contributed by atoms with Gasteiger partial charge in [-0.2, -0.15) is 5.10 Å². The van der Waals surface area contributed by atoms with Gasteiger partial charge in [0.2, 0.25) is 0 Å². The molecule has 1 fully saturated rings. The molecule has 3 heterocycles. The van der Waals surface area contributed by atoms with Gasteiger partial charge in [-0.3, -0.25) is 4.79 Å². The Morgan fingerprint density at radius 3 is 2.84 bits per heavy atom. The number of piperidine rings is 1. The fourth-order valence-corrected chi connectivity index (χ4v) is 3.12. The van der Waals surface area contributed by atoms with Gasteiger partial charge in [0.1, 0.15) is 5.56 Å². The topological polar surface area (TPSA) is 71.3 Å². The normalized spacial score (nSPS) is 17.0. The monoisotopic (exact) mass is 357 g/mol. The maximum Gasteiger partial charge on any atom is 0.257 e. The first-order chi connectivity index (χ1) is 11.8. The lowest BCUT2D eigenvalue weighted by Crippen LogP contribution is -2.45. The first-order valence-corrected chi connectivity index (χ1v) is 8.22. The Morgan fingerprint density at radius 2 is 2.08 bits per heavy atom. The number of halogens is 1. The van der Waals surface area contributed by atoms with Crippen molar-refractivity contribution in [2.45, 2.75) is 18.9 Å². The molecular formula is C18H20ClN5O. The molecule has 2 N–H and O–H groups in total. The number of nitrogens with zero attached hydrogens (tertiary/aromatic N) is 3. The van der Waals surface area contributed by atoms with E-state index in [1.54, 1.807) is 16.9 Å². The fraction of sp³-hybridized carbons (Fsp3) is 0.278. The van der Waals surface area contributed by atoms with Gasteiger partial charge in [-0.05, 0) is 25.5 Å². The zero-order valence-corrected chi connectivity index (χ0v) is 14.5. The van der Waals surface area contributed by atoms with Crippen LogP contribution in [0.15, 0.2) is 48.8 Å². The van der Waals surface area contributed by atoms with E-state index in [2.05, 4.69) is 20.7 Å². The van der Waals surface area contributed by atoms with Gasteiger partial charge in [0.25, 0.3) is 5.91 Å². The number of rotatable bonds is 3. The third-order valence-corrected chi connectivity index (χ3v) is 4.35. The zero-order valence-electron chi connectivity index (χ0n) is 13.7. The van der Waals surface area contributed by atoms with Crippen LogP contribution in [0.2, 0.25) is 0 Å². The van der Waals surface area contributed by atoms with Crippen LogP contribution in [0.5, 0.6) is 0 Å². The number of carbonyl (C=O) groups is 1. The standard InChI is InChI=1S/C18H19N5O.ClH/c24-18(22-14-7-4-9-19-11-14)15-12-21-23-16(8-10-20-17(15)23)13-5-2-1-3-6-13;/h1-3,5-6,8,10,12,14,19H,4,7,9,11H2,(H,22,24);1H/t14-;/m0./s1. The van der Waals surface area contributed by atoms with Crippen LogP contribution in [0.1, 0.15) is 23.2 Å². The lowest BCUT2D eigenvalue weighted by molar-refractivity contribution is 0.0932. The number of aromatic nitrogens is 3. The number of nitrogens with one attached hydrogen (secondary N) is 2. The molecule has 1 amide bonds. The average Bonchev–Trinajstić information content (AvgIpc) is 3.07. The third-order valence-electron chi connectivity index (χ3n) is 4.35. The Bertz CT molecular complexity index is 858. The summed E-state index contributed by atoms with van der Waals surface area (Å²) in [5, 5.41) is 10.8. The minimum atomic E-state index is -0.114. The van der Waals surface area contributed by atoms with Crippen LogP contribution in [0.25, 0.3) is 16.9 Å². The molecule has 25 heavy (non-hydrogen) atoms. The number of hydrogen-bond donors (Lipinski definition) is 2. The molecule has 7 heteroatoms. The van der Waals surface area contributed by atoms with E-state index in [0.717, 1.165) is 37.2 Å². The largest absolute Gasteiger partial charge is 0.348 e. The van der Waals surface area contributed by atoms with Crippen molar-refractivity contribution >= 4 is 24.0 Å². The molecule has 0 spiro atoms. The van der Waals surface area contributed by atoms with Crippen molar-refractivity contribution in [3.63, 3.8) is 0 Å². The number of fused-ring (bicyclic) bond motifs is 1. The summed E-state index contributed by atoms with van der Waals surface area (Å²) < 4.78 is 1.73. The number of benzene rings is 1. The molecule has 130 valence electrons. The lowest BCUT2D eigenvalue weighted by atomic mass is 10.1. The Hall–Kier alpha value is -2.44. The van der Waals surface area contributed by atoms with Crippen molar-refractivity contribution in [1.82, 2.24) is 25.2 Å². The van der Waals surface area contributed by atoms with Crippen LogP contribution in [-0.2, 0) is 0 Å². The second-order valence-electron chi connectivity index (χ2n) is 6.01. The highest BCUT2D eigenvalue weighted by molar-refractivity contribution is 6.00. The summed E-state index contributed by atoms with van der Waals surface area (Å²) in [5.74, 6) is -0.114. The van der Waals surface area contributed by atoms with Crippen LogP contribution < -0.4 is 10.6 Å². The summed E-state index contributed by atoms with van der Waals surface area (Å²) in [6.45, 7) is 1.83. The van der Waals surface area contributed by atoms with Gasteiger partial charge in [0.05, 0.1) is 11.9 Å². The Labute approximate surface area is 152 Å². The smallest absolute Gasteiger partial charge is 0.257 e. The maximum absolute atomic E-state index is 12.6. The van der Waals surface area contributed by atoms with Crippen LogP contribution in [0, 0.1) is 0 Å². The van der Waals surface area contributed by atoms with Crippen LogP contribution in [0.3, 0.4) is 0 Å². The van der Waals surface area contributed by atoms with E-state index in [-0.39, 0.29) is 24.4 Å². The number of amides is 1. The van der Waals surface area contributed by atoms with Gasteiger partial charge >= 0.3 is 0 Å². The van der Waals surface area contributed by atoms with Crippen molar-refractivity contribution in [3.05, 3.63) is 54.4 Å². The summed E-state index contributed by atoms with van der Waals surface area (Å²) >= 11 is 0. The summed E-state index contributed by atoms with van der Waals surface area (Å²) in [7, 11) is 0. The highest BCUT2D eigenvalue weighted by Crippen LogP contribution is 2.20. The highest BCUT2D eigenvalue weighted by atomic mass is 35.5. The van der Waals surface area contributed by atoms with Crippen molar-refractivity contribution in [1.29, 1.82) is 0 Å². The number of carbonyl (C=O) groups excluding carboxylic acids is 1. The summed E-state index contributed by atoms with van der Waals surface area (Å²) in [6, 6.07) is 12.0. The molecular weight excluding hydrogens is 338 g/mol. The first-order valence-electron chi connectivity index (χ1n) is 8.22. The Balaban J connectivity index is 0.00000182. The average molecular weight is 358 g/mol. The molecule has 2 aromatic heterocycles. The third kappa shape index (κ3) is 3.50. The van der Waals surface area contributed by atoms with Crippen LogP contribution in [-0.4, -0.2) is 39.6 Å². The van der Waals surface area contributed by atoms with E-state index in [0.29, 0.717) is 11.2 Å². The molecule has 3 aromatic rings. The summed E-state index contributed by atoms with van der Waals surface area (Å²) in [6.07, 6.45) is 5.40. The molecule has 1 atom stereocenters. The second kappa shape index (κ2) is 7.63. The molecule has 6 nitrogen and oxygen atoms in total. The van der Waals surface area contributed by atoms with E-state index >= 15 is 0 Å². The number of hydrogen-bond acceptors (Lipinski definition) is 4. The van der Waals surface area contributed by atoms with Crippen molar-refractivity contribution in [3.8, 4) is 11.3 Å². The van der Waals surface area contributed by atoms with Gasteiger partial charge < -0.3 is 10.6 Å². The summed E-state index contributed by atoms with van der Waals surface area (Å²) in [5.41, 5.74) is 3.05. The SMILES string of the molecule is Cl.O=C(N[C@H]1CCCNC1)c1cnn2c(-c3ccccc3)ccnc12. The van der Waals surface area contributed by atoms with E-state index < -0.39 is 0 Å². The predicted molar refractivity (Wildman–Crippen MR) is 99.0 cm³/mol. The maximum atomic E-state index is 12.6. The van der Waals surface area contributed by atoms with Crippen LogP contribution >= 0.6 is 12.4 Å². The minimum Gasteiger partial charge on any atom is -0.348 e. The Kier molecular flexibility index (Phi) is 5.31. The molecule has 0 aliphatic carbocycles. The van der Waals surface area contributed by atoms with Gasteiger partial charge in [0.15, 0.2) is 5.65 Å². The van der Waals surface area contributed by atoms with Crippen molar-refractivity contribution in [2.75, 3.05) is 13.1 Å². The molecule has 0 saturated carbocycles. The van der Waals surface area contributed by atoms with E-state index in [1.165, 1.54) is 0 Å². The van der Waals surface area contributed by atoms with Gasteiger partial charge in [-0.1, -0.05) is 30.3 Å². The molecule has 1 aliphatic heterocycles. The van der Waals surface area contributed by atoms with Gasteiger partial charge in [-0.25, -0.2) is 9.50 Å². The minimum absolute atomic E-state index is 0. The second-order valence-corrected chi connectivity index (χ2v) is 6.01. The molecule has 4 rings (SSSR count). The Morgan fingerprint density at radius 1 is 1.24 bits per heavy atom. The van der Waals surface area contributed by atoms with Crippen molar-refractivity contribution in [2.24, 2.45) is 0 Å². The van der Waals surface area contributed by atoms with Gasteiger partial charge in [0, 0.05) is 24.3 Å². The first kappa shape index (κ1) is 17.4. The van der Waals surface area contributed by atoms with E-state index in [9.17, 15) is 4.79 Å². The zero-order chi connectivity index (χ0) is 16.4. The molecule has 1 saturated heterocycles. The molecule has 0 radical (unpaired) electrons.